The van der Waals surface area contributed by atoms with Crippen molar-refractivity contribution in [2.75, 3.05) is 6.54 Å². The lowest BCUT2D eigenvalue weighted by Crippen LogP contribution is -2.46. The van der Waals surface area contributed by atoms with Crippen LogP contribution in [0.3, 0.4) is 0 Å². The molecular weight excluding hydrogens is 282 g/mol. The highest BCUT2D eigenvalue weighted by Crippen LogP contribution is 2.40. The molecule has 0 saturated heterocycles. The Morgan fingerprint density at radius 1 is 1.29 bits per heavy atom. The minimum atomic E-state index is 0.383. The van der Waals surface area contributed by atoms with Gasteiger partial charge in [0.05, 0.1) is 16.4 Å². The van der Waals surface area contributed by atoms with E-state index >= 15 is 0 Å². The Bertz CT molecular complexity index is 461. The average molecular weight is 312 g/mol. The summed E-state index contributed by atoms with van der Waals surface area (Å²) in [5.41, 5.74) is 2.54. The van der Waals surface area contributed by atoms with Crippen LogP contribution < -0.4 is 5.32 Å². The van der Waals surface area contributed by atoms with Gasteiger partial charge in [-0.1, -0.05) is 44.7 Å². The van der Waals surface area contributed by atoms with Crippen LogP contribution in [0.25, 0.3) is 0 Å². The van der Waals surface area contributed by atoms with Crippen molar-refractivity contribution >= 4 is 11.6 Å². The van der Waals surface area contributed by atoms with Gasteiger partial charge in [0.15, 0.2) is 0 Å². The molecule has 3 nitrogen and oxygen atoms in total. The molecule has 1 saturated carbocycles. The maximum absolute atomic E-state index is 6.51. The summed E-state index contributed by atoms with van der Waals surface area (Å²) in [5.74, 6) is 0. The lowest BCUT2D eigenvalue weighted by molar-refractivity contribution is 0.143. The van der Waals surface area contributed by atoms with Crippen LogP contribution >= 0.6 is 11.6 Å². The zero-order valence-corrected chi connectivity index (χ0v) is 14.8. The fraction of sp³-hybridized carbons (Fsp3) is 0.824. The topological polar surface area (TPSA) is 29.9 Å². The van der Waals surface area contributed by atoms with Crippen LogP contribution in [0.15, 0.2) is 0 Å². The monoisotopic (exact) mass is 311 g/mol. The van der Waals surface area contributed by atoms with Gasteiger partial charge in [0.2, 0.25) is 0 Å². The van der Waals surface area contributed by atoms with Crippen molar-refractivity contribution in [3.05, 3.63) is 16.4 Å². The number of aryl methyl sites for hydroxylation is 2. The smallest absolute Gasteiger partial charge is 0.0847 e. The molecule has 1 aromatic heterocycles. The summed E-state index contributed by atoms with van der Waals surface area (Å²) in [6.45, 7) is 10.7. The average Bonchev–Trinajstić information content (AvgIpc) is 2.75. The van der Waals surface area contributed by atoms with E-state index in [-0.39, 0.29) is 0 Å². The van der Waals surface area contributed by atoms with Gasteiger partial charge in [-0.2, -0.15) is 5.10 Å². The molecule has 1 atom stereocenters. The van der Waals surface area contributed by atoms with Gasteiger partial charge in [-0.05, 0) is 38.6 Å². The summed E-state index contributed by atoms with van der Waals surface area (Å²) in [6, 6.07) is 0.488. The Labute approximate surface area is 134 Å². The van der Waals surface area contributed by atoms with Gasteiger partial charge in [0.1, 0.15) is 0 Å². The number of likely N-dealkylation sites (N-methyl/N-ethyl adjacent to an activating group) is 1. The molecule has 0 bridgehead atoms. The van der Waals surface area contributed by atoms with Gasteiger partial charge in [0, 0.05) is 19.0 Å². The molecule has 1 unspecified atom stereocenters. The molecule has 0 aliphatic heterocycles. The molecule has 1 fully saturated rings. The largest absolute Gasteiger partial charge is 0.313 e. The van der Waals surface area contributed by atoms with Gasteiger partial charge in [-0.15, -0.1) is 0 Å². The minimum Gasteiger partial charge on any atom is -0.313 e. The number of nitrogens with zero attached hydrogens (tertiary/aromatic N) is 2. The maximum Gasteiger partial charge on any atom is 0.0847 e. The van der Waals surface area contributed by atoms with E-state index in [0.29, 0.717) is 11.5 Å². The van der Waals surface area contributed by atoms with Crippen LogP contribution in [0.4, 0.5) is 0 Å². The van der Waals surface area contributed by atoms with E-state index in [9.17, 15) is 0 Å². The summed E-state index contributed by atoms with van der Waals surface area (Å²) in [5, 5.41) is 9.16. The number of nitrogens with one attached hydrogen (secondary N) is 1. The number of rotatable bonds is 6. The first-order chi connectivity index (χ1) is 10.0. The van der Waals surface area contributed by atoms with Crippen molar-refractivity contribution in [2.24, 2.45) is 5.41 Å². The number of aromatic nitrogens is 2. The summed E-state index contributed by atoms with van der Waals surface area (Å²) in [6.07, 6.45) is 7.73. The summed E-state index contributed by atoms with van der Waals surface area (Å²) in [4.78, 5) is 0. The molecule has 0 amide bonds. The van der Waals surface area contributed by atoms with Crippen LogP contribution in [0.5, 0.6) is 0 Å². The second-order valence-electron chi connectivity index (χ2n) is 6.69. The third-order valence-corrected chi connectivity index (χ3v) is 5.63. The number of hydrogen-bond donors (Lipinski definition) is 1. The molecule has 2 rings (SSSR count). The van der Waals surface area contributed by atoms with Crippen molar-refractivity contribution in [2.45, 2.75) is 78.8 Å². The fourth-order valence-electron chi connectivity index (χ4n) is 3.78. The van der Waals surface area contributed by atoms with E-state index in [4.69, 9.17) is 11.6 Å². The van der Waals surface area contributed by atoms with Crippen LogP contribution in [0, 0.1) is 12.3 Å². The summed E-state index contributed by atoms with van der Waals surface area (Å²) >= 11 is 6.51. The molecule has 0 aromatic carbocycles. The first-order valence-corrected chi connectivity index (χ1v) is 8.84. The second kappa shape index (κ2) is 7.15. The van der Waals surface area contributed by atoms with E-state index in [1.807, 2.05) is 6.92 Å². The number of halogens is 1. The van der Waals surface area contributed by atoms with Crippen LogP contribution in [0.1, 0.15) is 64.3 Å². The van der Waals surface area contributed by atoms with Crippen molar-refractivity contribution < 1.29 is 0 Å². The van der Waals surface area contributed by atoms with Gasteiger partial charge in [-0.3, -0.25) is 4.68 Å². The molecule has 1 aliphatic rings. The Morgan fingerprint density at radius 3 is 2.52 bits per heavy atom. The molecule has 21 heavy (non-hydrogen) atoms. The van der Waals surface area contributed by atoms with Crippen molar-refractivity contribution in [1.82, 2.24) is 15.1 Å². The fourth-order valence-corrected chi connectivity index (χ4v) is 3.99. The zero-order chi connectivity index (χ0) is 15.5. The second-order valence-corrected chi connectivity index (χ2v) is 7.07. The van der Waals surface area contributed by atoms with Gasteiger partial charge < -0.3 is 5.32 Å². The number of hydrogen-bond acceptors (Lipinski definition) is 2. The highest BCUT2D eigenvalue weighted by atomic mass is 35.5. The molecule has 0 spiro atoms. The van der Waals surface area contributed by atoms with Gasteiger partial charge in [-0.25, -0.2) is 0 Å². The molecule has 1 N–H and O–H groups in total. The zero-order valence-electron chi connectivity index (χ0n) is 14.0. The lowest BCUT2D eigenvalue weighted by atomic mass is 9.69. The van der Waals surface area contributed by atoms with Crippen molar-refractivity contribution in [3.63, 3.8) is 0 Å². The lowest BCUT2D eigenvalue weighted by Gasteiger charge is -2.41. The molecular formula is C17H30ClN3. The Balaban J connectivity index is 2.23. The molecule has 4 heteroatoms. The summed E-state index contributed by atoms with van der Waals surface area (Å²) in [7, 11) is 0. The Kier molecular flexibility index (Phi) is 5.73. The first-order valence-electron chi connectivity index (χ1n) is 8.47. The van der Waals surface area contributed by atoms with Crippen LogP contribution in [-0.2, 0) is 13.0 Å². The highest BCUT2D eigenvalue weighted by molar-refractivity contribution is 6.31. The first kappa shape index (κ1) is 16.8. The predicted molar refractivity (Wildman–Crippen MR) is 90.0 cm³/mol. The van der Waals surface area contributed by atoms with E-state index < -0.39 is 0 Å². The summed E-state index contributed by atoms with van der Waals surface area (Å²) < 4.78 is 2.08. The van der Waals surface area contributed by atoms with E-state index in [1.165, 1.54) is 37.8 Å². The molecule has 1 heterocycles. The predicted octanol–water partition coefficient (Wildman–Crippen LogP) is 4.36. The standard InChI is InChI=1S/C17H30ClN3/c1-5-19-15(17(4)10-8-7-9-11-17)12-14-16(18)13(3)20-21(14)6-2/h15,19H,5-12H2,1-4H3. The van der Waals surface area contributed by atoms with Crippen molar-refractivity contribution in [1.29, 1.82) is 0 Å². The van der Waals surface area contributed by atoms with Gasteiger partial charge >= 0.3 is 0 Å². The van der Waals surface area contributed by atoms with Crippen LogP contribution in [-0.4, -0.2) is 22.4 Å². The Morgan fingerprint density at radius 2 is 1.95 bits per heavy atom. The SMILES string of the molecule is CCNC(Cc1c(Cl)c(C)nn1CC)C1(C)CCCCC1. The van der Waals surface area contributed by atoms with Crippen molar-refractivity contribution in [3.8, 4) is 0 Å². The maximum atomic E-state index is 6.51. The molecule has 120 valence electrons. The molecule has 1 aliphatic carbocycles. The highest BCUT2D eigenvalue weighted by Gasteiger charge is 2.36. The molecule has 1 aromatic rings. The normalized spacial score (nSPS) is 19.7. The van der Waals surface area contributed by atoms with Gasteiger partial charge in [0.25, 0.3) is 0 Å². The molecule has 0 radical (unpaired) electrons. The third-order valence-electron chi connectivity index (χ3n) is 5.14. The quantitative estimate of drug-likeness (QED) is 0.846. The minimum absolute atomic E-state index is 0.383. The van der Waals surface area contributed by atoms with E-state index in [2.05, 4.69) is 35.9 Å². The van der Waals surface area contributed by atoms with E-state index in [1.54, 1.807) is 0 Å². The van der Waals surface area contributed by atoms with Crippen LogP contribution in [0.2, 0.25) is 5.02 Å². The Hall–Kier alpha value is -0.540. The van der Waals surface area contributed by atoms with E-state index in [0.717, 1.165) is 30.2 Å². The third kappa shape index (κ3) is 3.62.